The van der Waals surface area contributed by atoms with E-state index < -0.39 is 0 Å². The predicted octanol–water partition coefficient (Wildman–Crippen LogP) is 0.753. The molecule has 0 N–H and O–H groups in total. The van der Waals surface area contributed by atoms with Gasteiger partial charge in [0.25, 0.3) is 5.91 Å². The first-order valence-electron chi connectivity index (χ1n) is 8.02. The third kappa shape index (κ3) is 3.84. The lowest BCUT2D eigenvalue weighted by Crippen LogP contribution is -2.48. The Bertz CT molecular complexity index is 493. The average Bonchev–Trinajstić information content (AvgIpc) is 3.04. The predicted molar refractivity (Wildman–Crippen MR) is 86.2 cm³/mol. The normalized spacial score (nSPS) is 21.2. The van der Waals surface area contributed by atoms with Crippen molar-refractivity contribution in [1.82, 2.24) is 19.7 Å². The molecule has 0 aliphatic carbocycles. The highest BCUT2D eigenvalue weighted by Crippen LogP contribution is 2.16. The fraction of sp³-hybridized carbons (Fsp3) is 0.733. The van der Waals surface area contributed by atoms with Crippen LogP contribution < -0.4 is 0 Å². The molecule has 122 valence electrons. The molecule has 3 heterocycles. The Hall–Kier alpha value is -1.02. The van der Waals surface area contributed by atoms with Crippen LogP contribution in [0.5, 0.6) is 0 Å². The number of carbonyl (C=O) groups excluding carboxylic acids is 1. The Kier molecular flexibility index (Phi) is 5.41. The van der Waals surface area contributed by atoms with Crippen LogP contribution >= 0.6 is 11.3 Å². The maximum atomic E-state index is 12.5. The second-order valence-corrected chi connectivity index (χ2v) is 6.68. The van der Waals surface area contributed by atoms with E-state index in [9.17, 15) is 4.79 Å². The van der Waals surface area contributed by atoms with Gasteiger partial charge < -0.3 is 14.5 Å². The van der Waals surface area contributed by atoms with Gasteiger partial charge in [-0.1, -0.05) is 6.92 Å². The molecular weight excluding hydrogens is 300 g/mol. The SMILES string of the molecule is CCN1CCN(C(=O)c2csc(CN3CCOCC3)n2)CC1. The number of piperazine rings is 1. The molecule has 1 aromatic rings. The van der Waals surface area contributed by atoms with Crippen LogP contribution in [0.3, 0.4) is 0 Å². The summed E-state index contributed by atoms with van der Waals surface area (Å²) in [6, 6.07) is 0. The van der Waals surface area contributed by atoms with E-state index in [0.717, 1.165) is 70.6 Å². The quantitative estimate of drug-likeness (QED) is 0.818. The van der Waals surface area contributed by atoms with Gasteiger partial charge in [0.15, 0.2) is 0 Å². The van der Waals surface area contributed by atoms with Crippen LogP contribution in [0.1, 0.15) is 22.4 Å². The summed E-state index contributed by atoms with van der Waals surface area (Å²) in [4.78, 5) is 23.7. The van der Waals surface area contributed by atoms with Gasteiger partial charge >= 0.3 is 0 Å². The molecule has 2 aliphatic rings. The van der Waals surface area contributed by atoms with Gasteiger partial charge in [0, 0.05) is 44.6 Å². The van der Waals surface area contributed by atoms with Crippen molar-refractivity contribution in [2.45, 2.75) is 13.5 Å². The first-order valence-corrected chi connectivity index (χ1v) is 8.90. The zero-order chi connectivity index (χ0) is 15.4. The molecule has 0 atom stereocenters. The zero-order valence-corrected chi connectivity index (χ0v) is 14.0. The molecule has 0 spiro atoms. The van der Waals surface area contributed by atoms with E-state index in [-0.39, 0.29) is 5.91 Å². The molecule has 2 fully saturated rings. The highest BCUT2D eigenvalue weighted by atomic mass is 32.1. The largest absolute Gasteiger partial charge is 0.379 e. The molecule has 2 aliphatic heterocycles. The van der Waals surface area contributed by atoms with E-state index in [1.165, 1.54) is 0 Å². The smallest absolute Gasteiger partial charge is 0.273 e. The van der Waals surface area contributed by atoms with Crippen molar-refractivity contribution in [3.63, 3.8) is 0 Å². The van der Waals surface area contributed by atoms with Crippen molar-refractivity contribution in [3.8, 4) is 0 Å². The third-order valence-corrected chi connectivity index (χ3v) is 5.17. The van der Waals surface area contributed by atoms with Gasteiger partial charge in [0.2, 0.25) is 0 Å². The first kappa shape index (κ1) is 15.9. The van der Waals surface area contributed by atoms with Gasteiger partial charge in [-0.05, 0) is 6.54 Å². The summed E-state index contributed by atoms with van der Waals surface area (Å²) in [7, 11) is 0. The summed E-state index contributed by atoms with van der Waals surface area (Å²) in [5.74, 6) is 0.0835. The highest BCUT2D eigenvalue weighted by Gasteiger charge is 2.23. The lowest BCUT2D eigenvalue weighted by atomic mass is 10.3. The number of thiazole rings is 1. The van der Waals surface area contributed by atoms with Crippen molar-refractivity contribution in [3.05, 3.63) is 16.1 Å². The third-order valence-electron chi connectivity index (χ3n) is 4.34. The summed E-state index contributed by atoms with van der Waals surface area (Å²) in [6.45, 7) is 11.1. The van der Waals surface area contributed by atoms with E-state index >= 15 is 0 Å². The molecule has 3 rings (SSSR count). The van der Waals surface area contributed by atoms with Crippen LogP contribution in [0, 0.1) is 0 Å². The molecule has 0 bridgehead atoms. The van der Waals surface area contributed by atoms with Crippen LogP contribution in [0.2, 0.25) is 0 Å². The number of carbonyl (C=O) groups is 1. The topological polar surface area (TPSA) is 48.9 Å². The molecule has 0 unspecified atom stereocenters. The molecule has 2 saturated heterocycles. The van der Waals surface area contributed by atoms with Gasteiger partial charge in [0.1, 0.15) is 10.7 Å². The Labute approximate surface area is 135 Å². The van der Waals surface area contributed by atoms with Gasteiger partial charge in [-0.15, -0.1) is 11.3 Å². The maximum Gasteiger partial charge on any atom is 0.273 e. The number of nitrogens with zero attached hydrogens (tertiary/aromatic N) is 4. The molecule has 1 amide bonds. The molecule has 7 heteroatoms. The Morgan fingerprint density at radius 2 is 1.91 bits per heavy atom. The number of hydrogen-bond donors (Lipinski definition) is 0. The molecule has 0 saturated carbocycles. The molecule has 0 radical (unpaired) electrons. The molecular formula is C15H24N4O2S. The fourth-order valence-electron chi connectivity index (χ4n) is 2.86. The Morgan fingerprint density at radius 3 is 2.59 bits per heavy atom. The summed E-state index contributed by atoms with van der Waals surface area (Å²) < 4.78 is 5.35. The van der Waals surface area contributed by atoms with E-state index in [4.69, 9.17) is 4.74 Å². The summed E-state index contributed by atoms with van der Waals surface area (Å²) in [5, 5.41) is 2.93. The number of ether oxygens (including phenoxy) is 1. The molecule has 6 nitrogen and oxygen atoms in total. The average molecular weight is 324 g/mol. The lowest BCUT2D eigenvalue weighted by Gasteiger charge is -2.33. The summed E-state index contributed by atoms with van der Waals surface area (Å²) in [6.07, 6.45) is 0. The Morgan fingerprint density at radius 1 is 1.18 bits per heavy atom. The van der Waals surface area contributed by atoms with Gasteiger partial charge in [0.05, 0.1) is 19.8 Å². The van der Waals surface area contributed by atoms with E-state index in [1.54, 1.807) is 11.3 Å². The summed E-state index contributed by atoms with van der Waals surface area (Å²) >= 11 is 1.59. The zero-order valence-electron chi connectivity index (χ0n) is 13.2. The summed E-state index contributed by atoms with van der Waals surface area (Å²) in [5.41, 5.74) is 0.609. The number of hydrogen-bond acceptors (Lipinski definition) is 6. The molecule has 22 heavy (non-hydrogen) atoms. The number of rotatable bonds is 4. The minimum atomic E-state index is 0.0835. The highest BCUT2D eigenvalue weighted by molar-refractivity contribution is 7.09. The second-order valence-electron chi connectivity index (χ2n) is 5.74. The Balaban J connectivity index is 1.55. The van der Waals surface area contributed by atoms with Crippen LogP contribution in [0.4, 0.5) is 0 Å². The van der Waals surface area contributed by atoms with Gasteiger partial charge in [-0.2, -0.15) is 0 Å². The number of morpholine rings is 1. The number of likely N-dealkylation sites (N-methyl/N-ethyl adjacent to an activating group) is 1. The van der Waals surface area contributed by atoms with Crippen LogP contribution in [0.25, 0.3) is 0 Å². The van der Waals surface area contributed by atoms with E-state index in [0.29, 0.717) is 5.69 Å². The van der Waals surface area contributed by atoms with Crippen molar-refractivity contribution < 1.29 is 9.53 Å². The van der Waals surface area contributed by atoms with E-state index in [1.807, 2.05) is 10.3 Å². The first-order chi connectivity index (χ1) is 10.8. The number of amides is 1. The standard InChI is InChI=1S/C15H24N4O2S/c1-2-17-3-5-19(6-4-17)15(20)13-12-22-14(16-13)11-18-7-9-21-10-8-18/h12H,2-11H2,1H3. The molecule has 1 aromatic heterocycles. The number of aromatic nitrogens is 1. The van der Waals surface area contributed by atoms with Gasteiger partial charge in [-0.3, -0.25) is 9.69 Å². The molecule has 0 aromatic carbocycles. The lowest BCUT2D eigenvalue weighted by molar-refractivity contribution is 0.0341. The fourth-order valence-corrected chi connectivity index (χ4v) is 3.67. The van der Waals surface area contributed by atoms with Crippen molar-refractivity contribution in [1.29, 1.82) is 0 Å². The second kappa shape index (κ2) is 7.50. The maximum absolute atomic E-state index is 12.5. The minimum Gasteiger partial charge on any atom is -0.379 e. The van der Waals surface area contributed by atoms with Gasteiger partial charge in [-0.25, -0.2) is 4.98 Å². The van der Waals surface area contributed by atoms with Crippen LogP contribution in [0.15, 0.2) is 5.38 Å². The van der Waals surface area contributed by atoms with Crippen molar-refractivity contribution >= 4 is 17.2 Å². The monoisotopic (exact) mass is 324 g/mol. The van der Waals surface area contributed by atoms with Crippen molar-refractivity contribution in [2.75, 3.05) is 59.0 Å². The van der Waals surface area contributed by atoms with E-state index in [2.05, 4.69) is 21.7 Å². The minimum absolute atomic E-state index is 0.0835. The van der Waals surface area contributed by atoms with Crippen LogP contribution in [-0.4, -0.2) is 84.6 Å². The van der Waals surface area contributed by atoms with Crippen LogP contribution in [-0.2, 0) is 11.3 Å². The van der Waals surface area contributed by atoms with Crippen molar-refractivity contribution in [2.24, 2.45) is 0 Å².